The fraction of sp³-hybridized carbons (Fsp3) is 0.727. The molecule has 2 fully saturated rings. The van der Waals surface area contributed by atoms with Crippen molar-refractivity contribution >= 4 is 0 Å². The predicted octanol–water partition coefficient (Wildman–Crippen LogP) is 0.978. The molecule has 0 unspecified atom stereocenters. The van der Waals surface area contributed by atoms with Crippen LogP contribution in [0, 0.1) is 0 Å². The van der Waals surface area contributed by atoms with Gasteiger partial charge in [-0.2, -0.15) is 0 Å². The minimum Gasteiger partial charge on any atom is -0.315 e. The van der Waals surface area contributed by atoms with Crippen LogP contribution in [0.15, 0.2) is 10.9 Å². The molecule has 15 heavy (non-hydrogen) atoms. The predicted molar refractivity (Wildman–Crippen MR) is 58.2 cm³/mol. The van der Waals surface area contributed by atoms with E-state index < -0.39 is 0 Å². The normalized spacial score (nSPS) is 26.8. The fourth-order valence-corrected chi connectivity index (χ4v) is 2.36. The van der Waals surface area contributed by atoms with Crippen LogP contribution in [-0.2, 0) is 0 Å². The van der Waals surface area contributed by atoms with Crippen molar-refractivity contribution in [1.29, 1.82) is 0 Å². The highest BCUT2D eigenvalue weighted by atomic mass is 16.1. The van der Waals surface area contributed by atoms with Crippen LogP contribution >= 0.6 is 0 Å². The van der Waals surface area contributed by atoms with Crippen molar-refractivity contribution in [2.24, 2.45) is 0 Å². The van der Waals surface area contributed by atoms with Gasteiger partial charge in [-0.1, -0.05) is 0 Å². The van der Waals surface area contributed by atoms with Gasteiger partial charge in [0.2, 0.25) is 0 Å². The van der Waals surface area contributed by atoms with Gasteiger partial charge in [-0.15, -0.1) is 0 Å². The number of H-pyrrole nitrogens is 1. The summed E-state index contributed by atoms with van der Waals surface area (Å²) in [4.78, 5) is 11.8. The average Bonchev–Trinajstić information content (AvgIpc) is 3.04. The Balaban J connectivity index is 1.86. The molecule has 0 amide bonds. The lowest BCUT2D eigenvalue weighted by atomic mass is 10.1. The van der Waals surface area contributed by atoms with Gasteiger partial charge in [0, 0.05) is 24.2 Å². The molecule has 0 radical (unpaired) electrons. The number of nitrogens with one attached hydrogen (secondary N) is 2. The van der Waals surface area contributed by atoms with E-state index >= 15 is 0 Å². The molecule has 2 heterocycles. The Labute approximate surface area is 88.7 Å². The molecule has 1 aliphatic carbocycles. The van der Waals surface area contributed by atoms with Crippen molar-refractivity contribution in [1.82, 2.24) is 15.1 Å². The summed E-state index contributed by atoms with van der Waals surface area (Å²) in [5.74, 6) is 0.635. The molecule has 2 aliphatic rings. The monoisotopic (exact) mass is 207 g/mol. The maximum Gasteiger partial charge on any atom is 0.267 e. The maximum absolute atomic E-state index is 11.8. The second-order valence-electron chi connectivity index (χ2n) is 4.69. The van der Waals surface area contributed by atoms with E-state index in [1.807, 2.05) is 4.68 Å². The van der Waals surface area contributed by atoms with E-state index in [4.69, 9.17) is 0 Å². The third-order valence-corrected chi connectivity index (χ3v) is 3.42. The van der Waals surface area contributed by atoms with E-state index in [1.165, 1.54) is 12.8 Å². The number of nitrogens with zero attached hydrogens (tertiary/aromatic N) is 1. The Bertz CT molecular complexity index is 396. The first kappa shape index (κ1) is 9.21. The zero-order valence-electron chi connectivity index (χ0n) is 8.83. The van der Waals surface area contributed by atoms with Gasteiger partial charge in [0.05, 0.1) is 6.04 Å². The molecule has 3 rings (SSSR count). The van der Waals surface area contributed by atoms with E-state index in [9.17, 15) is 4.79 Å². The molecule has 1 atom stereocenters. The lowest BCUT2D eigenvalue weighted by Crippen LogP contribution is -2.35. The van der Waals surface area contributed by atoms with Gasteiger partial charge in [0.15, 0.2) is 0 Å². The van der Waals surface area contributed by atoms with Crippen LogP contribution in [0.5, 0.6) is 0 Å². The molecule has 1 saturated heterocycles. The molecular formula is C11H17N3O. The zero-order valence-corrected chi connectivity index (χ0v) is 8.83. The minimum atomic E-state index is 0.144. The molecule has 4 heteroatoms. The Morgan fingerprint density at radius 1 is 1.33 bits per heavy atom. The summed E-state index contributed by atoms with van der Waals surface area (Å²) in [7, 11) is 0. The Morgan fingerprint density at radius 2 is 2.20 bits per heavy atom. The Hall–Kier alpha value is -1.03. The summed E-state index contributed by atoms with van der Waals surface area (Å²) >= 11 is 0. The fourth-order valence-electron chi connectivity index (χ4n) is 2.36. The van der Waals surface area contributed by atoms with E-state index in [0.717, 1.165) is 31.6 Å². The van der Waals surface area contributed by atoms with Crippen LogP contribution in [0.3, 0.4) is 0 Å². The van der Waals surface area contributed by atoms with Crippen LogP contribution in [0.4, 0.5) is 0 Å². The molecule has 0 bridgehead atoms. The van der Waals surface area contributed by atoms with Crippen molar-refractivity contribution in [2.45, 2.75) is 37.6 Å². The first-order chi connectivity index (χ1) is 7.34. The highest BCUT2D eigenvalue weighted by Gasteiger charge is 2.27. The molecule has 0 spiro atoms. The first-order valence-electron chi connectivity index (χ1n) is 5.87. The van der Waals surface area contributed by atoms with Gasteiger partial charge in [0.25, 0.3) is 5.56 Å². The summed E-state index contributed by atoms with van der Waals surface area (Å²) in [6, 6.07) is 2.12. The summed E-state index contributed by atoms with van der Waals surface area (Å²) in [6.45, 7) is 2.01. The zero-order chi connectivity index (χ0) is 10.3. The van der Waals surface area contributed by atoms with Crippen molar-refractivity contribution < 1.29 is 0 Å². The SMILES string of the molecule is O=c1cc(C2CC2)[nH]n1[C@H]1CCCNC1. The van der Waals surface area contributed by atoms with Gasteiger partial charge in [0.1, 0.15) is 0 Å². The average molecular weight is 207 g/mol. The summed E-state index contributed by atoms with van der Waals surface area (Å²) < 4.78 is 1.82. The Kier molecular flexibility index (Phi) is 2.16. The van der Waals surface area contributed by atoms with E-state index in [2.05, 4.69) is 10.4 Å². The van der Waals surface area contributed by atoms with Crippen LogP contribution < -0.4 is 10.9 Å². The third kappa shape index (κ3) is 1.74. The highest BCUT2D eigenvalue weighted by Crippen LogP contribution is 2.38. The molecular weight excluding hydrogens is 190 g/mol. The van der Waals surface area contributed by atoms with Crippen LogP contribution in [0.1, 0.15) is 43.3 Å². The minimum absolute atomic E-state index is 0.144. The van der Waals surface area contributed by atoms with Crippen molar-refractivity contribution in [3.05, 3.63) is 22.1 Å². The van der Waals surface area contributed by atoms with E-state index in [0.29, 0.717) is 12.0 Å². The van der Waals surface area contributed by atoms with Crippen LogP contribution in [0.25, 0.3) is 0 Å². The van der Waals surface area contributed by atoms with Crippen LogP contribution in [0.2, 0.25) is 0 Å². The maximum atomic E-state index is 11.8. The Morgan fingerprint density at radius 3 is 2.87 bits per heavy atom. The van der Waals surface area contributed by atoms with E-state index in [1.54, 1.807) is 6.07 Å². The number of aromatic amines is 1. The molecule has 1 aliphatic heterocycles. The first-order valence-corrected chi connectivity index (χ1v) is 5.87. The van der Waals surface area contributed by atoms with E-state index in [-0.39, 0.29) is 5.56 Å². The topological polar surface area (TPSA) is 49.8 Å². The van der Waals surface area contributed by atoms with Gasteiger partial charge in [-0.3, -0.25) is 9.89 Å². The number of rotatable bonds is 2. The lowest BCUT2D eigenvalue weighted by molar-refractivity contribution is 0.339. The lowest BCUT2D eigenvalue weighted by Gasteiger charge is -2.23. The molecule has 82 valence electrons. The van der Waals surface area contributed by atoms with Gasteiger partial charge in [-0.05, 0) is 32.2 Å². The van der Waals surface area contributed by atoms with Gasteiger partial charge >= 0.3 is 0 Å². The molecule has 1 aromatic heterocycles. The summed E-state index contributed by atoms with van der Waals surface area (Å²) in [5, 5.41) is 6.61. The third-order valence-electron chi connectivity index (χ3n) is 3.42. The number of piperidine rings is 1. The largest absolute Gasteiger partial charge is 0.315 e. The van der Waals surface area contributed by atoms with Crippen molar-refractivity contribution in [2.75, 3.05) is 13.1 Å². The number of hydrogen-bond donors (Lipinski definition) is 2. The highest BCUT2D eigenvalue weighted by molar-refractivity contribution is 5.13. The second-order valence-corrected chi connectivity index (χ2v) is 4.69. The van der Waals surface area contributed by atoms with Crippen LogP contribution in [-0.4, -0.2) is 22.9 Å². The standard InChI is InChI=1S/C11H17N3O/c15-11-6-10(8-3-4-8)13-14(11)9-2-1-5-12-7-9/h6,8-9,12-13H,1-5,7H2/t9-/m0/s1. The van der Waals surface area contributed by atoms with Crippen molar-refractivity contribution in [3.8, 4) is 0 Å². The molecule has 2 N–H and O–H groups in total. The molecule has 4 nitrogen and oxygen atoms in total. The quantitative estimate of drug-likeness (QED) is 0.759. The summed E-state index contributed by atoms with van der Waals surface area (Å²) in [6.07, 6.45) is 4.75. The molecule has 1 aromatic rings. The molecule has 0 aromatic carbocycles. The summed E-state index contributed by atoms with van der Waals surface area (Å²) in [5.41, 5.74) is 1.29. The smallest absolute Gasteiger partial charge is 0.267 e. The second kappa shape index (κ2) is 3.52. The molecule has 1 saturated carbocycles. The van der Waals surface area contributed by atoms with Gasteiger partial charge < -0.3 is 5.32 Å². The number of hydrogen-bond acceptors (Lipinski definition) is 2. The van der Waals surface area contributed by atoms with Gasteiger partial charge in [-0.25, -0.2) is 4.68 Å². The number of aromatic nitrogens is 2. The van der Waals surface area contributed by atoms with Crippen molar-refractivity contribution in [3.63, 3.8) is 0 Å².